The number of urea groups is 1. The zero-order valence-electron chi connectivity index (χ0n) is 19.6. The molecule has 2 heterocycles. The molecule has 0 spiro atoms. The van der Waals surface area contributed by atoms with Crippen molar-refractivity contribution < 1.29 is 13.2 Å². The van der Waals surface area contributed by atoms with Gasteiger partial charge in [-0.05, 0) is 83.0 Å². The van der Waals surface area contributed by atoms with Crippen molar-refractivity contribution in [2.45, 2.75) is 56.5 Å². The van der Waals surface area contributed by atoms with Gasteiger partial charge in [-0.3, -0.25) is 4.98 Å². The van der Waals surface area contributed by atoms with Crippen molar-refractivity contribution in [3.05, 3.63) is 52.8 Å². The van der Waals surface area contributed by atoms with Crippen LogP contribution in [0.1, 0.15) is 37.1 Å². The maximum Gasteiger partial charge on any atom is 0.319 e. The molecule has 2 aromatic rings. The summed E-state index contributed by atoms with van der Waals surface area (Å²) < 4.78 is 28.5. The first-order valence-electron chi connectivity index (χ1n) is 11.7. The summed E-state index contributed by atoms with van der Waals surface area (Å²) in [7, 11) is -3.58. The Hall–Kier alpha value is -2.20. The number of carbonyl (C=O) groups is 1. The topological polar surface area (TPSA) is 94.6 Å². The van der Waals surface area contributed by atoms with Gasteiger partial charge in [-0.25, -0.2) is 13.2 Å². The van der Waals surface area contributed by atoms with Crippen LogP contribution in [0.5, 0.6) is 0 Å². The van der Waals surface area contributed by atoms with Gasteiger partial charge < -0.3 is 15.5 Å². The molecule has 10 heteroatoms. The SMILES string of the molecule is Cc1cc(NC(=O)NCCN2CCC(N(C3CC3)S(=O)(=O)c3cccc(Cl)c3)CC2)cc(C)n1. The van der Waals surface area contributed by atoms with E-state index in [1.54, 1.807) is 22.5 Å². The average molecular weight is 506 g/mol. The van der Waals surface area contributed by atoms with E-state index in [4.69, 9.17) is 11.6 Å². The fraction of sp³-hybridized carbons (Fsp3) is 0.500. The molecule has 1 saturated heterocycles. The lowest BCUT2D eigenvalue weighted by molar-refractivity contribution is 0.156. The van der Waals surface area contributed by atoms with E-state index in [0.29, 0.717) is 11.6 Å². The van der Waals surface area contributed by atoms with E-state index in [1.165, 1.54) is 6.07 Å². The van der Waals surface area contributed by atoms with Gasteiger partial charge in [0.25, 0.3) is 0 Å². The Morgan fingerprint density at radius 3 is 2.35 bits per heavy atom. The summed E-state index contributed by atoms with van der Waals surface area (Å²) in [5.41, 5.74) is 2.44. The molecule has 2 aliphatic rings. The van der Waals surface area contributed by atoms with Crippen LogP contribution in [0.25, 0.3) is 0 Å². The molecule has 4 rings (SSSR count). The monoisotopic (exact) mass is 505 g/mol. The molecular formula is C24H32ClN5O3S. The first kappa shape index (κ1) is 24.9. The zero-order chi connectivity index (χ0) is 24.3. The van der Waals surface area contributed by atoms with Crippen LogP contribution in [0, 0.1) is 13.8 Å². The van der Waals surface area contributed by atoms with E-state index in [0.717, 1.165) is 62.4 Å². The maximum atomic E-state index is 13.4. The second-order valence-electron chi connectivity index (χ2n) is 9.12. The maximum absolute atomic E-state index is 13.4. The number of aryl methyl sites for hydroxylation is 2. The van der Waals surface area contributed by atoms with Gasteiger partial charge in [0.1, 0.15) is 0 Å². The lowest BCUT2D eigenvalue weighted by Crippen LogP contribution is -2.49. The van der Waals surface area contributed by atoms with Gasteiger partial charge >= 0.3 is 6.03 Å². The molecule has 2 N–H and O–H groups in total. The number of benzene rings is 1. The van der Waals surface area contributed by atoms with Crippen LogP contribution in [0.2, 0.25) is 5.02 Å². The van der Waals surface area contributed by atoms with Crippen LogP contribution in [-0.4, -0.2) is 66.9 Å². The number of likely N-dealkylation sites (tertiary alicyclic amines) is 1. The third-order valence-electron chi connectivity index (χ3n) is 6.25. The summed E-state index contributed by atoms with van der Waals surface area (Å²) in [4.78, 5) is 19.1. The van der Waals surface area contributed by atoms with Gasteiger partial charge in [-0.15, -0.1) is 0 Å². The smallest absolute Gasteiger partial charge is 0.319 e. The van der Waals surface area contributed by atoms with Gasteiger partial charge in [0.05, 0.1) is 4.90 Å². The van der Waals surface area contributed by atoms with Crippen LogP contribution < -0.4 is 10.6 Å². The van der Waals surface area contributed by atoms with Crippen LogP contribution in [0.15, 0.2) is 41.3 Å². The molecule has 0 unspecified atom stereocenters. The molecule has 1 aliphatic heterocycles. The highest BCUT2D eigenvalue weighted by Gasteiger charge is 2.43. The molecule has 1 aliphatic carbocycles. The van der Waals surface area contributed by atoms with Crippen molar-refractivity contribution >= 4 is 33.3 Å². The minimum atomic E-state index is -3.58. The first-order chi connectivity index (χ1) is 16.2. The Balaban J connectivity index is 1.26. The summed E-state index contributed by atoms with van der Waals surface area (Å²) in [5.74, 6) is 0. The average Bonchev–Trinajstić information content (AvgIpc) is 3.59. The number of pyridine rings is 1. The molecule has 0 bridgehead atoms. The number of anilines is 1. The molecule has 34 heavy (non-hydrogen) atoms. The molecule has 0 radical (unpaired) electrons. The molecule has 1 aromatic carbocycles. The molecule has 2 fully saturated rings. The Labute approximate surface area is 206 Å². The van der Waals surface area contributed by atoms with Crippen LogP contribution in [0.3, 0.4) is 0 Å². The quantitative estimate of drug-likeness (QED) is 0.569. The molecule has 2 amide bonds. The van der Waals surface area contributed by atoms with E-state index < -0.39 is 10.0 Å². The molecule has 0 atom stereocenters. The number of piperidine rings is 1. The number of sulfonamides is 1. The lowest BCUT2D eigenvalue weighted by atomic mass is 10.0. The predicted octanol–water partition coefficient (Wildman–Crippen LogP) is 3.79. The summed E-state index contributed by atoms with van der Waals surface area (Å²) in [6.45, 7) is 6.62. The van der Waals surface area contributed by atoms with E-state index in [2.05, 4.69) is 20.5 Å². The number of nitrogens with zero attached hydrogens (tertiary/aromatic N) is 3. The second kappa shape index (κ2) is 10.6. The highest BCUT2D eigenvalue weighted by atomic mass is 35.5. The molecule has 1 aromatic heterocycles. The first-order valence-corrected chi connectivity index (χ1v) is 13.6. The minimum Gasteiger partial charge on any atom is -0.337 e. The van der Waals surface area contributed by atoms with Gasteiger partial charge in [-0.2, -0.15) is 4.31 Å². The number of amides is 2. The van der Waals surface area contributed by atoms with E-state index >= 15 is 0 Å². The molecule has 8 nitrogen and oxygen atoms in total. The number of rotatable bonds is 8. The molecule has 1 saturated carbocycles. The van der Waals surface area contributed by atoms with E-state index in [-0.39, 0.29) is 23.0 Å². The predicted molar refractivity (Wildman–Crippen MR) is 134 cm³/mol. The Morgan fingerprint density at radius 2 is 1.74 bits per heavy atom. The van der Waals surface area contributed by atoms with Crippen molar-refractivity contribution in [1.29, 1.82) is 0 Å². The van der Waals surface area contributed by atoms with Crippen molar-refractivity contribution in [2.75, 3.05) is 31.5 Å². The van der Waals surface area contributed by atoms with Crippen molar-refractivity contribution in [3.63, 3.8) is 0 Å². The van der Waals surface area contributed by atoms with Crippen molar-refractivity contribution in [1.82, 2.24) is 19.5 Å². The highest BCUT2D eigenvalue weighted by Crippen LogP contribution is 2.37. The standard InChI is InChI=1S/C24H32ClN5O3S/c1-17-14-20(15-18(2)27-17)28-24(31)26-10-13-29-11-8-22(9-12-29)30(21-6-7-21)34(32,33)23-5-3-4-19(25)16-23/h3-5,14-16,21-22H,6-13H2,1-2H3,(H2,26,27,28,31). The lowest BCUT2D eigenvalue weighted by Gasteiger charge is -2.38. The second-order valence-corrected chi connectivity index (χ2v) is 11.4. The Morgan fingerprint density at radius 1 is 1.09 bits per heavy atom. The minimum absolute atomic E-state index is 0.0119. The van der Waals surface area contributed by atoms with Crippen molar-refractivity contribution in [2.24, 2.45) is 0 Å². The third kappa shape index (κ3) is 6.27. The summed E-state index contributed by atoms with van der Waals surface area (Å²) in [6.07, 6.45) is 3.38. The number of hydrogen-bond donors (Lipinski definition) is 2. The highest BCUT2D eigenvalue weighted by molar-refractivity contribution is 7.89. The number of carbonyl (C=O) groups excluding carboxylic acids is 1. The summed E-state index contributed by atoms with van der Waals surface area (Å²) in [5, 5.41) is 6.18. The zero-order valence-corrected chi connectivity index (χ0v) is 21.2. The summed E-state index contributed by atoms with van der Waals surface area (Å²) in [6, 6.07) is 10.0. The number of hydrogen-bond acceptors (Lipinski definition) is 5. The summed E-state index contributed by atoms with van der Waals surface area (Å²) >= 11 is 6.06. The van der Waals surface area contributed by atoms with Gasteiger partial charge in [0.15, 0.2) is 0 Å². The largest absolute Gasteiger partial charge is 0.337 e. The number of aromatic nitrogens is 1. The van der Waals surface area contributed by atoms with Gasteiger partial charge in [0, 0.05) is 47.3 Å². The van der Waals surface area contributed by atoms with Gasteiger partial charge in [-0.1, -0.05) is 17.7 Å². The van der Waals surface area contributed by atoms with E-state index in [9.17, 15) is 13.2 Å². The molecule has 184 valence electrons. The van der Waals surface area contributed by atoms with Crippen molar-refractivity contribution in [3.8, 4) is 0 Å². The van der Waals surface area contributed by atoms with Crippen LogP contribution in [0.4, 0.5) is 10.5 Å². The number of halogens is 1. The Bertz CT molecular complexity index is 1110. The third-order valence-corrected chi connectivity index (χ3v) is 8.48. The van der Waals surface area contributed by atoms with Crippen LogP contribution >= 0.6 is 11.6 Å². The molecular weight excluding hydrogens is 474 g/mol. The number of nitrogens with one attached hydrogen (secondary N) is 2. The fourth-order valence-electron chi connectivity index (χ4n) is 4.58. The normalized spacial score (nSPS) is 17.6. The van der Waals surface area contributed by atoms with Gasteiger partial charge in [0.2, 0.25) is 10.0 Å². The van der Waals surface area contributed by atoms with E-state index in [1.807, 2.05) is 26.0 Å². The Kier molecular flexibility index (Phi) is 7.77. The van der Waals surface area contributed by atoms with Crippen LogP contribution in [-0.2, 0) is 10.0 Å². The fourth-order valence-corrected chi connectivity index (χ4v) is 6.81.